The molecule has 1 fully saturated rings. The summed E-state index contributed by atoms with van der Waals surface area (Å²) in [4.78, 5) is 14.6. The summed E-state index contributed by atoms with van der Waals surface area (Å²) in [5, 5.41) is 11.2. The van der Waals surface area contributed by atoms with E-state index in [2.05, 4.69) is 4.90 Å². The Hall–Kier alpha value is -0.870. The topological polar surface area (TPSA) is 40.5 Å². The molecular formula is C13H19NO2S. The second-order valence-corrected chi connectivity index (χ2v) is 5.58. The van der Waals surface area contributed by atoms with Gasteiger partial charge in [0.05, 0.1) is 5.92 Å². The van der Waals surface area contributed by atoms with Crippen LogP contribution in [0.25, 0.3) is 0 Å². The van der Waals surface area contributed by atoms with Crippen molar-refractivity contribution < 1.29 is 9.90 Å². The molecule has 94 valence electrons. The average Bonchev–Trinajstić information content (AvgIpc) is 2.84. The predicted molar refractivity (Wildman–Crippen MR) is 69.6 cm³/mol. The summed E-state index contributed by atoms with van der Waals surface area (Å²) in [7, 11) is 0. The number of hydrogen-bond acceptors (Lipinski definition) is 3. The minimum Gasteiger partial charge on any atom is -0.481 e. The summed E-state index contributed by atoms with van der Waals surface area (Å²) in [6, 6.07) is 3.86. The summed E-state index contributed by atoms with van der Waals surface area (Å²) in [6.07, 6.45) is 4.58. The molecule has 17 heavy (non-hydrogen) atoms. The van der Waals surface area contributed by atoms with Gasteiger partial charge in [-0.2, -0.15) is 0 Å². The number of nitrogens with zero attached hydrogens (tertiary/aromatic N) is 1. The number of carbonyl (C=O) groups is 1. The Bertz CT molecular complexity index is 344. The molecule has 0 aromatic carbocycles. The molecule has 1 aliphatic heterocycles. The van der Waals surface area contributed by atoms with Crippen molar-refractivity contribution >= 4 is 17.3 Å². The lowest BCUT2D eigenvalue weighted by atomic mass is 10.0. The van der Waals surface area contributed by atoms with Crippen LogP contribution < -0.4 is 0 Å². The van der Waals surface area contributed by atoms with E-state index in [9.17, 15) is 9.90 Å². The highest BCUT2D eigenvalue weighted by Gasteiger charge is 2.22. The Kier molecular flexibility index (Phi) is 4.57. The Morgan fingerprint density at radius 2 is 2.18 bits per heavy atom. The molecular weight excluding hydrogens is 234 g/mol. The van der Waals surface area contributed by atoms with Gasteiger partial charge in [-0.15, -0.1) is 11.3 Å². The first kappa shape index (κ1) is 12.6. The van der Waals surface area contributed by atoms with Gasteiger partial charge >= 0.3 is 5.97 Å². The Morgan fingerprint density at radius 3 is 2.76 bits per heavy atom. The van der Waals surface area contributed by atoms with E-state index in [1.165, 1.54) is 19.3 Å². The van der Waals surface area contributed by atoms with Gasteiger partial charge in [0.25, 0.3) is 0 Å². The number of hydrogen-bond donors (Lipinski definition) is 1. The van der Waals surface area contributed by atoms with Crippen molar-refractivity contribution in [1.82, 2.24) is 4.90 Å². The number of likely N-dealkylation sites (tertiary alicyclic amines) is 1. The zero-order valence-electron chi connectivity index (χ0n) is 9.97. The van der Waals surface area contributed by atoms with E-state index in [4.69, 9.17) is 0 Å². The van der Waals surface area contributed by atoms with Crippen LogP contribution in [-0.4, -0.2) is 35.6 Å². The van der Waals surface area contributed by atoms with Crippen molar-refractivity contribution in [2.24, 2.45) is 0 Å². The van der Waals surface area contributed by atoms with Crippen molar-refractivity contribution in [3.63, 3.8) is 0 Å². The lowest BCUT2D eigenvalue weighted by molar-refractivity contribution is -0.139. The average molecular weight is 253 g/mol. The fourth-order valence-corrected chi connectivity index (χ4v) is 3.23. The number of rotatable bonds is 5. The normalized spacial score (nSPS) is 19.1. The minimum atomic E-state index is -0.690. The lowest BCUT2D eigenvalue weighted by Crippen LogP contribution is -2.32. The number of carboxylic acid groups (broad SMARTS) is 1. The van der Waals surface area contributed by atoms with Crippen LogP contribution in [0.1, 0.15) is 36.5 Å². The van der Waals surface area contributed by atoms with Gasteiger partial charge in [-0.1, -0.05) is 12.5 Å². The van der Waals surface area contributed by atoms with Crippen LogP contribution in [0.3, 0.4) is 0 Å². The Balaban J connectivity index is 1.88. The van der Waals surface area contributed by atoms with Crippen molar-refractivity contribution in [2.45, 2.75) is 31.6 Å². The van der Waals surface area contributed by atoms with E-state index in [0.717, 1.165) is 30.9 Å². The van der Waals surface area contributed by atoms with Crippen molar-refractivity contribution in [2.75, 3.05) is 19.6 Å². The fourth-order valence-electron chi connectivity index (χ4n) is 2.37. The molecule has 0 amide bonds. The molecule has 0 radical (unpaired) electrons. The van der Waals surface area contributed by atoms with Crippen LogP contribution in [0.15, 0.2) is 17.5 Å². The van der Waals surface area contributed by atoms with Crippen molar-refractivity contribution in [1.29, 1.82) is 0 Å². The van der Waals surface area contributed by atoms with Crippen LogP contribution in [0.5, 0.6) is 0 Å². The van der Waals surface area contributed by atoms with Crippen molar-refractivity contribution in [3.8, 4) is 0 Å². The first-order valence-electron chi connectivity index (χ1n) is 6.26. The molecule has 1 unspecified atom stereocenters. The molecule has 1 aromatic rings. The van der Waals surface area contributed by atoms with Gasteiger partial charge in [-0.3, -0.25) is 4.79 Å². The van der Waals surface area contributed by atoms with Crippen LogP contribution in [0, 0.1) is 0 Å². The third-order valence-electron chi connectivity index (χ3n) is 3.37. The zero-order chi connectivity index (χ0) is 12.1. The van der Waals surface area contributed by atoms with Gasteiger partial charge in [0.1, 0.15) is 0 Å². The van der Waals surface area contributed by atoms with Crippen molar-refractivity contribution in [3.05, 3.63) is 22.4 Å². The number of carboxylic acids is 1. The van der Waals surface area contributed by atoms with Crippen LogP contribution in [-0.2, 0) is 4.79 Å². The summed E-state index contributed by atoms with van der Waals surface area (Å²) >= 11 is 1.55. The first-order valence-corrected chi connectivity index (χ1v) is 7.14. The maximum absolute atomic E-state index is 11.3. The molecule has 4 heteroatoms. The number of piperidine rings is 1. The predicted octanol–water partition coefficient (Wildman–Crippen LogP) is 2.79. The SMILES string of the molecule is O=C(O)C(CCN1CCCCC1)c1cccs1. The van der Waals surface area contributed by atoms with Crippen LogP contribution >= 0.6 is 11.3 Å². The van der Waals surface area contributed by atoms with Gasteiger partial charge in [-0.05, 0) is 50.3 Å². The highest BCUT2D eigenvalue weighted by molar-refractivity contribution is 7.10. The monoisotopic (exact) mass is 253 g/mol. The van der Waals surface area contributed by atoms with Gasteiger partial charge in [0, 0.05) is 4.88 Å². The molecule has 2 rings (SSSR count). The van der Waals surface area contributed by atoms with Gasteiger partial charge in [0.2, 0.25) is 0 Å². The molecule has 1 aliphatic rings. The van der Waals surface area contributed by atoms with Crippen LogP contribution in [0.4, 0.5) is 0 Å². The molecule has 2 heterocycles. The second-order valence-electron chi connectivity index (χ2n) is 4.60. The maximum atomic E-state index is 11.3. The van der Waals surface area contributed by atoms with E-state index in [1.54, 1.807) is 11.3 Å². The van der Waals surface area contributed by atoms with Crippen LogP contribution in [0.2, 0.25) is 0 Å². The first-order chi connectivity index (χ1) is 8.27. The molecule has 1 atom stereocenters. The summed E-state index contributed by atoms with van der Waals surface area (Å²) in [6.45, 7) is 3.18. The van der Waals surface area contributed by atoms with E-state index in [1.807, 2.05) is 17.5 Å². The van der Waals surface area contributed by atoms with E-state index >= 15 is 0 Å². The standard InChI is InChI=1S/C13H19NO2S/c15-13(16)11(12-5-4-10-17-12)6-9-14-7-2-1-3-8-14/h4-5,10-11H,1-3,6-9H2,(H,15,16). The smallest absolute Gasteiger partial charge is 0.311 e. The fraction of sp³-hybridized carbons (Fsp3) is 0.615. The highest BCUT2D eigenvalue weighted by Crippen LogP contribution is 2.25. The molecule has 0 spiro atoms. The number of thiophene rings is 1. The largest absolute Gasteiger partial charge is 0.481 e. The number of aliphatic carboxylic acids is 1. The second kappa shape index (κ2) is 6.17. The minimum absolute atomic E-state index is 0.322. The molecule has 3 nitrogen and oxygen atoms in total. The maximum Gasteiger partial charge on any atom is 0.311 e. The van der Waals surface area contributed by atoms with Gasteiger partial charge in [0.15, 0.2) is 0 Å². The zero-order valence-corrected chi connectivity index (χ0v) is 10.8. The molecule has 1 N–H and O–H groups in total. The molecule has 1 aromatic heterocycles. The van der Waals surface area contributed by atoms with E-state index in [-0.39, 0.29) is 5.92 Å². The third-order valence-corrected chi connectivity index (χ3v) is 4.35. The molecule has 0 bridgehead atoms. The highest BCUT2D eigenvalue weighted by atomic mass is 32.1. The van der Waals surface area contributed by atoms with E-state index in [0.29, 0.717) is 0 Å². The Morgan fingerprint density at radius 1 is 1.41 bits per heavy atom. The lowest BCUT2D eigenvalue weighted by Gasteiger charge is -2.27. The summed E-state index contributed by atoms with van der Waals surface area (Å²) in [5.41, 5.74) is 0. The molecule has 0 aliphatic carbocycles. The van der Waals surface area contributed by atoms with Gasteiger partial charge < -0.3 is 10.0 Å². The quantitative estimate of drug-likeness (QED) is 0.877. The third kappa shape index (κ3) is 3.54. The Labute approximate surface area is 106 Å². The summed E-state index contributed by atoms with van der Waals surface area (Å²) < 4.78 is 0. The van der Waals surface area contributed by atoms with Gasteiger partial charge in [-0.25, -0.2) is 0 Å². The van der Waals surface area contributed by atoms with E-state index < -0.39 is 5.97 Å². The molecule has 1 saturated heterocycles. The molecule has 0 saturated carbocycles. The summed E-state index contributed by atoms with van der Waals surface area (Å²) in [5.74, 6) is -1.01.